The van der Waals surface area contributed by atoms with E-state index in [4.69, 9.17) is 4.74 Å². The molecule has 1 aromatic carbocycles. The molecule has 0 radical (unpaired) electrons. The number of aromatic nitrogens is 3. The number of carbonyl (C=O) groups is 2. The third kappa shape index (κ3) is 4.96. The van der Waals surface area contributed by atoms with Gasteiger partial charge >= 0.3 is 5.97 Å². The molecule has 10 nitrogen and oxygen atoms in total. The van der Waals surface area contributed by atoms with Crippen molar-refractivity contribution in [2.75, 3.05) is 24.3 Å². The zero-order valence-corrected chi connectivity index (χ0v) is 18.7. The van der Waals surface area contributed by atoms with Gasteiger partial charge in [0.2, 0.25) is 5.95 Å². The van der Waals surface area contributed by atoms with Gasteiger partial charge in [0, 0.05) is 24.5 Å². The zero-order valence-electron chi connectivity index (χ0n) is 18.7. The van der Waals surface area contributed by atoms with E-state index >= 15 is 0 Å². The van der Waals surface area contributed by atoms with Gasteiger partial charge in [-0.3, -0.25) is 4.79 Å². The second kappa shape index (κ2) is 9.44. The number of ether oxygens (including phenoxy) is 1. The third-order valence-electron chi connectivity index (χ3n) is 5.69. The molecular formula is C24H25N7O3. The first-order chi connectivity index (χ1) is 16.6. The fourth-order valence-electron chi connectivity index (χ4n) is 3.73. The van der Waals surface area contributed by atoms with Gasteiger partial charge in [0.15, 0.2) is 5.69 Å². The van der Waals surface area contributed by atoms with Crippen molar-refractivity contribution in [2.24, 2.45) is 0 Å². The van der Waals surface area contributed by atoms with Crippen LogP contribution in [0.25, 0.3) is 0 Å². The monoisotopic (exact) mass is 459 g/mol. The molecule has 174 valence electrons. The number of methoxy groups -OCH3 is 1. The van der Waals surface area contributed by atoms with Gasteiger partial charge in [-0.15, -0.1) is 0 Å². The summed E-state index contributed by atoms with van der Waals surface area (Å²) in [5.41, 5.74) is 3.85. The molecule has 1 aliphatic heterocycles. The molecule has 3 aromatic rings. The number of fused-ring (bicyclic) bond motifs is 1. The van der Waals surface area contributed by atoms with Crippen molar-refractivity contribution in [3.05, 3.63) is 65.0 Å². The van der Waals surface area contributed by atoms with Crippen molar-refractivity contribution >= 4 is 35.1 Å². The summed E-state index contributed by atoms with van der Waals surface area (Å²) in [7, 11) is 1.30. The van der Waals surface area contributed by atoms with Crippen molar-refractivity contribution < 1.29 is 14.3 Å². The minimum absolute atomic E-state index is 0.145. The predicted molar refractivity (Wildman–Crippen MR) is 127 cm³/mol. The fourth-order valence-corrected chi connectivity index (χ4v) is 3.73. The normalized spacial score (nSPS) is 14.6. The van der Waals surface area contributed by atoms with E-state index in [0.717, 1.165) is 38.0 Å². The second-order valence-electron chi connectivity index (χ2n) is 8.26. The highest BCUT2D eigenvalue weighted by atomic mass is 16.5. The standard InChI is InChI=1S/C24H25N7O3/c1-34-23(33)19-3-2-4-20(29-19)30-21-18(22(32)27-16-7-8-16)13-26-24(31-21)28-17-6-5-14-9-10-25-12-15(14)11-17/h2-6,11,13,16,25H,7-10,12H2,1H3,(H,27,32)(H2,26,28,29,30,31). The molecule has 0 saturated heterocycles. The van der Waals surface area contributed by atoms with Crippen LogP contribution >= 0.6 is 0 Å². The van der Waals surface area contributed by atoms with E-state index in [2.05, 4.69) is 48.4 Å². The van der Waals surface area contributed by atoms with E-state index in [1.54, 1.807) is 18.2 Å². The van der Waals surface area contributed by atoms with Crippen LogP contribution in [0.4, 0.5) is 23.3 Å². The van der Waals surface area contributed by atoms with E-state index in [9.17, 15) is 9.59 Å². The quantitative estimate of drug-likeness (QED) is 0.394. The fraction of sp³-hybridized carbons (Fsp3) is 0.292. The number of anilines is 4. The first-order valence-electron chi connectivity index (χ1n) is 11.2. The van der Waals surface area contributed by atoms with E-state index in [-0.39, 0.29) is 29.0 Å². The Morgan fingerprint density at radius 3 is 2.79 bits per heavy atom. The summed E-state index contributed by atoms with van der Waals surface area (Å²) >= 11 is 0. The largest absolute Gasteiger partial charge is 0.464 e. The summed E-state index contributed by atoms with van der Waals surface area (Å²) in [5, 5.41) is 12.6. The van der Waals surface area contributed by atoms with Crippen molar-refractivity contribution in [1.82, 2.24) is 25.6 Å². The maximum atomic E-state index is 12.8. The Kier molecular flexibility index (Phi) is 6.05. The third-order valence-corrected chi connectivity index (χ3v) is 5.69. The van der Waals surface area contributed by atoms with Crippen LogP contribution in [-0.4, -0.2) is 46.5 Å². The van der Waals surface area contributed by atoms with E-state index in [1.165, 1.54) is 24.4 Å². The molecule has 1 amide bonds. The molecular weight excluding hydrogens is 434 g/mol. The van der Waals surface area contributed by atoms with Gasteiger partial charge in [0.1, 0.15) is 17.2 Å². The molecule has 10 heteroatoms. The van der Waals surface area contributed by atoms with Crippen molar-refractivity contribution in [3.63, 3.8) is 0 Å². The Bertz CT molecular complexity index is 1240. The molecule has 1 fully saturated rings. The van der Waals surface area contributed by atoms with Gasteiger partial charge in [-0.1, -0.05) is 12.1 Å². The number of nitrogens with one attached hydrogen (secondary N) is 4. The Balaban J connectivity index is 1.43. The van der Waals surface area contributed by atoms with Crippen LogP contribution < -0.4 is 21.3 Å². The lowest BCUT2D eigenvalue weighted by Gasteiger charge is -2.18. The molecule has 2 aliphatic rings. The van der Waals surface area contributed by atoms with Gasteiger partial charge in [0.05, 0.1) is 7.11 Å². The Hall–Kier alpha value is -4.05. The van der Waals surface area contributed by atoms with Crippen LogP contribution in [0.2, 0.25) is 0 Å². The first kappa shape index (κ1) is 21.8. The molecule has 3 heterocycles. The summed E-state index contributed by atoms with van der Waals surface area (Å²) < 4.78 is 4.75. The number of carbonyl (C=O) groups excluding carboxylic acids is 2. The number of benzene rings is 1. The molecule has 0 unspecified atom stereocenters. The van der Waals surface area contributed by atoms with Crippen LogP contribution in [0.5, 0.6) is 0 Å². The van der Waals surface area contributed by atoms with Crippen LogP contribution in [0.15, 0.2) is 42.6 Å². The SMILES string of the molecule is COC(=O)c1cccc(Nc2nc(Nc3ccc4c(c3)CNCC4)ncc2C(=O)NC2CC2)n1. The topological polar surface area (TPSA) is 130 Å². The lowest BCUT2D eigenvalue weighted by atomic mass is 10.0. The summed E-state index contributed by atoms with van der Waals surface area (Å²) in [6.45, 7) is 1.80. The summed E-state index contributed by atoms with van der Waals surface area (Å²) in [5.74, 6) is 0.152. The molecule has 0 bridgehead atoms. The number of hydrogen-bond donors (Lipinski definition) is 4. The average Bonchev–Trinajstić information content (AvgIpc) is 3.68. The molecule has 0 spiro atoms. The predicted octanol–water partition coefficient (Wildman–Crippen LogP) is 2.68. The summed E-state index contributed by atoms with van der Waals surface area (Å²) in [6.07, 6.45) is 4.41. The number of amides is 1. The number of esters is 1. The smallest absolute Gasteiger partial charge is 0.356 e. The van der Waals surface area contributed by atoms with Crippen LogP contribution in [0.3, 0.4) is 0 Å². The van der Waals surface area contributed by atoms with Gasteiger partial charge < -0.3 is 26.0 Å². The van der Waals surface area contributed by atoms with Crippen LogP contribution in [-0.2, 0) is 17.7 Å². The van der Waals surface area contributed by atoms with Gasteiger partial charge in [-0.05, 0) is 61.2 Å². The van der Waals surface area contributed by atoms with E-state index < -0.39 is 5.97 Å². The van der Waals surface area contributed by atoms with Crippen molar-refractivity contribution in [2.45, 2.75) is 31.8 Å². The highest BCUT2D eigenvalue weighted by Gasteiger charge is 2.26. The maximum absolute atomic E-state index is 12.8. The molecule has 2 aromatic heterocycles. The van der Waals surface area contributed by atoms with Crippen LogP contribution in [0, 0.1) is 0 Å². The van der Waals surface area contributed by atoms with Crippen molar-refractivity contribution in [3.8, 4) is 0 Å². The molecule has 34 heavy (non-hydrogen) atoms. The Morgan fingerprint density at radius 2 is 1.97 bits per heavy atom. The lowest BCUT2D eigenvalue weighted by molar-refractivity contribution is 0.0594. The summed E-state index contributed by atoms with van der Waals surface area (Å²) in [4.78, 5) is 37.9. The number of pyridine rings is 1. The van der Waals surface area contributed by atoms with Gasteiger partial charge in [-0.2, -0.15) is 4.98 Å². The van der Waals surface area contributed by atoms with E-state index in [0.29, 0.717) is 11.8 Å². The highest BCUT2D eigenvalue weighted by Crippen LogP contribution is 2.25. The number of nitrogens with zero attached hydrogens (tertiary/aromatic N) is 3. The van der Waals surface area contributed by atoms with Crippen molar-refractivity contribution in [1.29, 1.82) is 0 Å². The highest BCUT2D eigenvalue weighted by molar-refractivity contribution is 5.99. The van der Waals surface area contributed by atoms with E-state index in [1.807, 2.05) is 6.07 Å². The maximum Gasteiger partial charge on any atom is 0.356 e. The Labute approximate surface area is 196 Å². The second-order valence-corrected chi connectivity index (χ2v) is 8.26. The van der Waals surface area contributed by atoms with Gasteiger partial charge in [-0.25, -0.2) is 14.8 Å². The zero-order chi connectivity index (χ0) is 23.5. The number of hydrogen-bond acceptors (Lipinski definition) is 9. The minimum Gasteiger partial charge on any atom is -0.464 e. The molecule has 1 aliphatic carbocycles. The minimum atomic E-state index is -0.553. The first-order valence-corrected chi connectivity index (χ1v) is 11.2. The molecule has 1 saturated carbocycles. The average molecular weight is 460 g/mol. The summed E-state index contributed by atoms with van der Waals surface area (Å²) in [6, 6.07) is 11.3. The van der Waals surface area contributed by atoms with Crippen LogP contribution in [0.1, 0.15) is 44.8 Å². The molecule has 0 atom stereocenters. The lowest BCUT2D eigenvalue weighted by Crippen LogP contribution is -2.26. The van der Waals surface area contributed by atoms with Gasteiger partial charge in [0.25, 0.3) is 5.91 Å². The number of rotatable bonds is 7. The Morgan fingerprint density at radius 1 is 1.09 bits per heavy atom. The molecule has 5 rings (SSSR count). The molecule has 4 N–H and O–H groups in total.